The van der Waals surface area contributed by atoms with Gasteiger partial charge in [-0.15, -0.1) is 0 Å². The molecule has 30 heavy (non-hydrogen) atoms. The second kappa shape index (κ2) is 17.8. The summed E-state index contributed by atoms with van der Waals surface area (Å²) in [7, 11) is 1.59. The van der Waals surface area contributed by atoms with E-state index < -0.39 is 0 Å². The van der Waals surface area contributed by atoms with Gasteiger partial charge in [0.1, 0.15) is 6.61 Å². The van der Waals surface area contributed by atoms with Crippen molar-refractivity contribution in [3.8, 4) is 11.5 Å². The number of allylic oxidation sites excluding steroid dienone is 1. The van der Waals surface area contributed by atoms with Gasteiger partial charge in [0.25, 0.3) is 0 Å². The van der Waals surface area contributed by atoms with Gasteiger partial charge in [-0.3, -0.25) is 4.79 Å². The number of methoxy groups -OCH3 is 1. The molecule has 0 bridgehead atoms. The van der Waals surface area contributed by atoms with Crippen molar-refractivity contribution in [2.75, 3.05) is 20.3 Å². The van der Waals surface area contributed by atoms with Crippen LogP contribution in [0.25, 0.3) is 0 Å². The first-order valence-electron chi connectivity index (χ1n) is 11.7. The lowest BCUT2D eigenvalue weighted by Gasteiger charge is -2.11. The first-order chi connectivity index (χ1) is 14.7. The summed E-state index contributed by atoms with van der Waals surface area (Å²) in [4.78, 5) is 12.1. The normalized spacial score (nSPS) is 11.0. The van der Waals surface area contributed by atoms with Gasteiger partial charge < -0.3 is 20.5 Å². The van der Waals surface area contributed by atoms with Gasteiger partial charge in [-0.2, -0.15) is 0 Å². The Bertz CT molecular complexity index is 602. The van der Waals surface area contributed by atoms with E-state index in [1.807, 2.05) is 24.3 Å². The summed E-state index contributed by atoms with van der Waals surface area (Å²) in [5.74, 6) is 1.22. The highest BCUT2D eigenvalue weighted by atomic mass is 16.5. The molecule has 0 aliphatic heterocycles. The predicted octanol–water partition coefficient (Wildman–Crippen LogP) is 5.52. The van der Waals surface area contributed by atoms with Crippen molar-refractivity contribution in [3.05, 3.63) is 36.0 Å². The minimum absolute atomic E-state index is 0.0352. The SMILES string of the molecule is CCCCCCCCCCCCC=CNC(=O)Cc1ccc(OCCN)c(OC)c1. The Balaban J connectivity index is 2.13. The summed E-state index contributed by atoms with van der Waals surface area (Å²) in [6.45, 7) is 3.13. The summed E-state index contributed by atoms with van der Waals surface area (Å²) in [5.41, 5.74) is 6.34. The van der Waals surface area contributed by atoms with Crippen molar-refractivity contribution in [1.29, 1.82) is 0 Å². The molecule has 0 spiro atoms. The topological polar surface area (TPSA) is 73.6 Å². The summed E-state index contributed by atoms with van der Waals surface area (Å²) >= 11 is 0. The maximum atomic E-state index is 12.1. The van der Waals surface area contributed by atoms with Gasteiger partial charge in [-0.25, -0.2) is 0 Å². The highest BCUT2D eigenvalue weighted by molar-refractivity contribution is 5.79. The Kier molecular flexibility index (Phi) is 15.5. The average Bonchev–Trinajstić information content (AvgIpc) is 2.76. The first-order valence-corrected chi connectivity index (χ1v) is 11.7. The number of carbonyl (C=O) groups is 1. The lowest BCUT2D eigenvalue weighted by molar-refractivity contribution is -0.119. The second-order valence-corrected chi connectivity index (χ2v) is 7.74. The van der Waals surface area contributed by atoms with Crippen LogP contribution in [0.1, 0.15) is 83.1 Å². The molecule has 5 heteroatoms. The number of ether oxygens (including phenoxy) is 2. The van der Waals surface area contributed by atoms with E-state index in [0.29, 0.717) is 31.1 Å². The van der Waals surface area contributed by atoms with E-state index in [1.165, 1.54) is 64.2 Å². The zero-order valence-corrected chi connectivity index (χ0v) is 19.1. The van der Waals surface area contributed by atoms with Crippen LogP contribution in [-0.2, 0) is 11.2 Å². The largest absolute Gasteiger partial charge is 0.493 e. The first kappa shape index (κ1) is 26.0. The Morgan fingerprint density at radius 1 is 1.00 bits per heavy atom. The lowest BCUT2D eigenvalue weighted by Crippen LogP contribution is -2.19. The monoisotopic (exact) mass is 418 g/mol. The van der Waals surface area contributed by atoms with Gasteiger partial charge in [0.2, 0.25) is 5.91 Å². The van der Waals surface area contributed by atoms with E-state index in [-0.39, 0.29) is 5.91 Å². The Labute approximate surface area is 183 Å². The number of nitrogens with one attached hydrogen (secondary N) is 1. The molecule has 5 nitrogen and oxygen atoms in total. The Hall–Kier alpha value is -2.01. The van der Waals surface area contributed by atoms with Gasteiger partial charge in [0.15, 0.2) is 11.5 Å². The number of nitrogens with two attached hydrogens (primary N) is 1. The maximum absolute atomic E-state index is 12.1. The molecule has 0 atom stereocenters. The molecule has 0 saturated heterocycles. The maximum Gasteiger partial charge on any atom is 0.228 e. The van der Waals surface area contributed by atoms with E-state index >= 15 is 0 Å². The zero-order valence-electron chi connectivity index (χ0n) is 19.1. The molecular formula is C25H42N2O3. The van der Waals surface area contributed by atoms with Crippen molar-refractivity contribution < 1.29 is 14.3 Å². The van der Waals surface area contributed by atoms with E-state index in [1.54, 1.807) is 13.3 Å². The minimum atomic E-state index is -0.0352. The van der Waals surface area contributed by atoms with Crippen LogP contribution < -0.4 is 20.5 Å². The molecule has 170 valence electrons. The van der Waals surface area contributed by atoms with E-state index in [9.17, 15) is 4.79 Å². The standard InChI is InChI=1S/C25H42N2O3/c1-3-4-5-6-7-8-9-10-11-12-13-14-18-27-25(28)21-22-15-16-23(30-19-17-26)24(20-22)29-2/h14-16,18,20H,3-13,17,19,21,26H2,1-2H3,(H,27,28). The van der Waals surface area contributed by atoms with Crippen molar-refractivity contribution in [1.82, 2.24) is 5.32 Å². The predicted molar refractivity (Wildman–Crippen MR) is 125 cm³/mol. The third-order valence-corrected chi connectivity index (χ3v) is 5.05. The van der Waals surface area contributed by atoms with Crippen LogP contribution in [-0.4, -0.2) is 26.2 Å². The summed E-state index contributed by atoms with van der Waals surface area (Å²) in [6, 6.07) is 5.53. The third kappa shape index (κ3) is 12.5. The minimum Gasteiger partial charge on any atom is -0.493 e. The molecule has 0 radical (unpaired) electrons. The summed E-state index contributed by atoms with van der Waals surface area (Å²) in [5, 5.41) is 2.84. The van der Waals surface area contributed by atoms with Crippen molar-refractivity contribution >= 4 is 5.91 Å². The van der Waals surface area contributed by atoms with Crippen LogP contribution in [0.3, 0.4) is 0 Å². The van der Waals surface area contributed by atoms with Crippen LogP contribution >= 0.6 is 0 Å². The molecule has 0 unspecified atom stereocenters. The number of rotatable bonds is 18. The van der Waals surface area contributed by atoms with Crippen molar-refractivity contribution in [2.45, 2.75) is 84.0 Å². The van der Waals surface area contributed by atoms with Crippen LogP contribution in [0.15, 0.2) is 30.5 Å². The van der Waals surface area contributed by atoms with Crippen molar-refractivity contribution in [2.24, 2.45) is 5.73 Å². The number of hydrogen-bond acceptors (Lipinski definition) is 4. The van der Waals surface area contributed by atoms with Crippen molar-refractivity contribution in [3.63, 3.8) is 0 Å². The van der Waals surface area contributed by atoms with Crippen LogP contribution in [0.2, 0.25) is 0 Å². The Morgan fingerprint density at radius 2 is 1.67 bits per heavy atom. The molecule has 0 saturated carbocycles. The summed E-state index contributed by atoms with van der Waals surface area (Å²) < 4.78 is 10.9. The quantitative estimate of drug-likeness (QED) is 0.308. The van der Waals surface area contributed by atoms with E-state index in [4.69, 9.17) is 15.2 Å². The summed E-state index contributed by atoms with van der Waals surface area (Å²) in [6.07, 6.45) is 18.5. The number of hydrogen-bond donors (Lipinski definition) is 2. The molecule has 1 amide bonds. The Morgan fingerprint density at radius 3 is 2.30 bits per heavy atom. The fourth-order valence-electron chi connectivity index (χ4n) is 3.33. The molecule has 3 N–H and O–H groups in total. The van der Waals surface area contributed by atoms with E-state index in [2.05, 4.69) is 12.2 Å². The number of carbonyl (C=O) groups excluding carboxylic acids is 1. The van der Waals surface area contributed by atoms with E-state index in [0.717, 1.165) is 12.0 Å². The van der Waals surface area contributed by atoms with Crippen LogP contribution in [0, 0.1) is 0 Å². The highest BCUT2D eigenvalue weighted by Crippen LogP contribution is 2.28. The molecule has 0 aliphatic carbocycles. The van der Waals surface area contributed by atoms with Gasteiger partial charge in [0, 0.05) is 6.54 Å². The highest BCUT2D eigenvalue weighted by Gasteiger charge is 2.08. The molecular weight excluding hydrogens is 376 g/mol. The number of unbranched alkanes of at least 4 members (excludes halogenated alkanes) is 10. The molecule has 0 aliphatic rings. The van der Waals surface area contributed by atoms with Gasteiger partial charge in [0.05, 0.1) is 13.5 Å². The zero-order chi connectivity index (χ0) is 21.9. The molecule has 0 fully saturated rings. The molecule has 0 heterocycles. The van der Waals surface area contributed by atoms with Gasteiger partial charge in [-0.1, -0.05) is 76.9 Å². The second-order valence-electron chi connectivity index (χ2n) is 7.74. The number of benzene rings is 1. The average molecular weight is 419 g/mol. The molecule has 1 aromatic carbocycles. The number of amides is 1. The fraction of sp³-hybridized carbons (Fsp3) is 0.640. The van der Waals surface area contributed by atoms with Gasteiger partial charge in [-0.05, 0) is 36.7 Å². The molecule has 1 rings (SSSR count). The third-order valence-electron chi connectivity index (χ3n) is 5.05. The van der Waals surface area contributed by atoms with Crippen LogP contribution in [0.4, 0.5) is 0 Å². The van der Waals surface area contributed by atoms with Gasteiger partial charge >= 0.3 is 0 Å². The fourth-order valence-corrected chi connectivity index (χ4v) is 3.33. The molecule has 0 aromatic heterocycles. The smallest absolute Gasteiger partial charge is 0.228 e. The lowest BCUT2D eigenvalue weighted by atomic mass is 10.1. The van der Waals surface area contributed by atoms with Crippen LogP contribution in [0.5, 0.6) is 11.5 Å². The molecule has 1 aromatic rings.